The molecular formula is C19H23F2IN4O. The van der Waals surface area contributed by atoms with Gasteiger partial charge in [0.15, 0.2) is 5.96 Å². The summed E-state index contributed by atoms with van der Waals surface area (Å²) in [5, 5.41) is 8.66. The van der Waals surface area contributed by atoms with E-state index in [4.69, 9.17) is 0 Å². The van der Waals surface area contributed by atoms with Gasteiger partial charge in [0, 0.05) is 19.3 Å². The van der Waals surface area contributed by atoms with Gasteiger partial charge in [0.25, 0.3) is 0 Å². The molecule has 5 nitrogen and oxygen atoms in total. The molecule has 0 saturated carbocycles. The van der Waals surface area contributed by atoms with E-state index >= 15 is 0 Å². The molecule has 2 aromatic carbocycles. The number of amides is 1. The van der Waals surface area contributed by atoms with Gasteiger partial charge in [0.05, 0.1) is 6.54 Å². The molecule has 0 aliphatic rings. The summed E-state index contributed by atoms with van der Waals surface area (Å²) in [6.07, 6.45) is 0.703. The van der Waals surface area contributed by atoms with E-state index in [-0.39, 0.29) is 48.1 Å². The standard InChI is InChI=1S/C19H22F2N4O.HI/c1-13-11-16(21)4-3-14(13)9-10-23-19(22-2)24-12-18(26)25-17-7-5-15(20)6-8-17;/h3-8,11H,9-10,12H2,1-2H3,(H,25,26)(H2,22,23,24);1H. The maximum atomic E-state index is 13.1. The molecular weight excluding hydrogens is 465 g/mol. The fourth-order valence-electron chi connectivity index (χ4n) is 2.38. The van der Waals surface area contributed by atoms with Crippen LogP contribution in [-0.2, 0) is 11.2 Å². The Morgan fingerprint density at radius 1 is 1.04 bits per heavy atom. The Kier molecular flexibility index (Phi) is 9.70. The summed E-state index contributed by atoms with van der Waals surface area (Å²) in [6, 6.07) is 10.2. The normalized spacial score (nSPS) is 10.7. The van der Waals surface area contributed by atoms with Gasteiger partial charge in [-0.25, -0.2) is 8.78 Å². The third kappa shape index (κ3) is 7.90. The number of halogens is 3. The predicted octanol–water partition coefficient (Wildman–Crippen LogP) is 3.24. The van der Waals surface area contributed by atoms with Gasteiger partial charge >= 0.3 is 0 Å². The summed E-state index contributed by atoms with van der Waals surface area (Å²) in [4.78, 5) is 16.0. The molecule has 146 valence electrons. The van der Waals surface area contributed by atoms with E-state index in [1.54, 1.807) is 13.1 Å². The third-order valence-corrected chi connectivity index (χ3v) is 3.76. The van der Waals surface area contributed by atoms with Crippen LogP contribution in [0.5, 0.6) is 0 Å². The first kappa shape index (κ1) is 22.8. The zero-order valence-corrected chi connectivity index (χ0v) is 17.5. The average Bonchev–Trinajstić information content (AvgIpc) is 2.61. The number of carbonyl (C=O) groups is 1. The van der Waals surface area contributed by atoms with E-state index in [1.807, 2.05) is 6.92 Å². The van der Waals surface area contributed by atoms with Crippen LogP contribution in [0.2, 0.25) is 0 Å². The second-order valence-electron chi connectivity index (χ2n) is 5.73. The van der Waals surface area contributed by atoms with Crippen LogP contribution in [0, 0.1) is 18.6 Å². The van der Waals surface area contributed by atoms with Crippen LogP contribution in [0.4, 0.5) is 14.5 Å². The van der Waals surface area contributed by atoms with Gasteiger partial charge in [0.1, 0.15) is 11.6 Å². The molecule has 8 heteroatoms. The van der Waals surface area contributed by atoms with Crippen LogP contribution >= 0.6 is 24.0 Å². The molecule has 27 heavy (non-hydrogen) atoms. The molecule has 0 bridgehead atoms. The van der Waals surface area contributed by atoms with E-state index < -0.39 is 0 Å². The van der Waals surface area contributed by atoms with Crippen molar-refractivity contribution in [1.82, 2.24) is 10.6 Å². The lowest BCUT2D eigenvalue weighted by molar-refractivity contribution is -0.115. The van der Waals surface area contributed by atoms with Crippen LogP contribution in [0.1, 0.15) is 11.1 Å². The lowest BCUT2D eigenvalue weighted by Crippen LogP contribution is -2.42. The molecule has 0 heterocycles. The molecule has 3 N–H and O–H groups in total. The Balaban J connectivity index is 0.00000364. The third-order valence-electron chi connectivity index (χ3n) is 3.76. The molecule has 0 aromatic heterocycles. The molecule has 0 aliphatic heterocycles. The SMILES string of the molecule is CN=C(NCCc1ccc(F)cc1C)NCC(=O)Nc1ccc(F)cc1.I. The number of nitrogens with one attached hydrogen (secondary N) is 3. The maximum Gasteiger partial charge on any atom is 0.243 e. The van der Waals surface area contributed by atoms with Crippen molar-refractivity contribution < 1.29 is 13.6 Å². The minimum absolute atomic E-state index is 0. The molecule has 0 spiro atoms. The molecule has 2 rings (SSSR count). The summed E-state index contributed by atoms with van der Waals surface area (Å²) in [5.74, 6) is -0.390. The van der Waals surface area contributed by atoms with Crippen LogP contribution < -0.4 is 16.0 Å². The van der Waals surface area contributed by atoms with Crippen molar-refractivity contribution in [3.05, 3.63) is 65.2 Å². The molecule has 0 fully saturated rings. The molecule has 0 aliphatic carbocycles. The first-order valence-electron chi connectivity index (χ1n) is 8.23. The number of nitrogens with zero attached hydrogens (tertiary/aromatic N) is 1. The van der Waals surface area contributed by atoms with E-state index in [0.29, 0.717) is 24.6 Å². The maximum absolute atomic E-state index is 13.1. The summed E-state index contributed by atoms with van der Waals surface area (Å²) >= 11 is 0. The number of benzene rings is 2. The lowest BCUT2D eigenvalue weighted by atomic mass is 10.1. The second kappa shape index (κ2) is 11.5. The van der Waals surface area contributed by atoms with Crippen molar-refractivity contribution in [2.24, 2.45) is 4.99 Å². The van der Waals surface area contributed by atoms with Crippen LogP contribution in [0.25, 0.3) is 0 Å². The molecule has 2 aromatic rings. The van der Waals surface area contributed by atoms with Crippen LogP contribution in [0.15, 0.2) is 47.5 Å². The zero-order valence-electron chi connectivity index (χ0n) is 15.2. The summed E-state index contributed by atoms with van der Waals surface area (Å²) < 4.78 is 25.9. The van der Waals surface area contributed by atoms with E-state index in [2.05, 4.69) is 20.9 Å². The Labute approximate surface area is 174 Å². The highest BCUT2D eigenvalue weighted by atomic mass is 127. The highest BCUT2D eigenvalue weighted by molar-refractivity contribution is 14.0. The van der Waals surface area contributed by atoms with Crippen LogP contribution in [0.3, 0.4) is 0 Å². The van der Waals surface area contributed by atoms with E-state index in [0.717, 1.165) is 11.1 Å². The quantitative estimate of drug-likeness (QED) is 0.333. The fourth-order valence-corrected chi connectivity index (χ4v) is 2.38. The Hall–Kier alpha value is -2.23. The van der Waals surface area contributed by atoms with Gasteiger partial charge in [-0.1, -0.05) is 6.07 Å². The second-order valence-corrected chi connectivity index (χ2v) is 5.73. The number of carbonyl (C=O) groups excluding carboxylic acids is 1. The number of rotatable bonds is 6. The molecule has 0 radical (unpaired) electrons. The molecule has 0 saturated heterocycles. The van der Waals surface area contributed by atoms with Gasteiger partial charge < -0.3 is 16.0 Å². The topological polar surface area (TPSA) is 65.5 Å². The summed E-state index contributed by atoms with van der Waals surface area (Å²) in [5.41, 5.74) is 2.46. The van der Waals surface area contributed by atoms with Gasteiger partial charge in [0.2, 0.25) is 5.91 Å². The van der Waals surface area contributed by atoms with Crippen molar-refractivity contribution in [2.45, 2.75) is 13.3 Å². The average molecular weight is 488 g/mol. The van der Waals surface area contributed by atoms with Crippen LogP contribution in [-0.4, -0.2) is 32.0 Å². The van der Waals surface area contributed by atoms with Gasteiger partial charge in [-0.15, -0.1) is 24.0 Å². The van der Waals surface area contributed by atoms with Gasteiger partial charge in [-0.05, 0) is 60.9 Å². The minimum atomic E-state index is -0.359. The fraction of sp³-hybridized carbons (Fsp3) is 0.263. The van der Waals surface area contributed by atoms with Crippen molar-refractivity contribution >= 4 is 41.5 Å². The van der Waals surface area contributed by atoms with Gasteiger partial charge in [-0.2, -0.15) is 0 Å². The molecule has 1 amide bonds. The van der Waals surface area contributed by atoms with E-state index in [9.17, 15) is 13.6 Å². The first-order chi connectivity index (χ1) is 12.5. The predicted molar refractivity (Wildman–Crippen MR) is 115 cm³/mol. The lowest BCUT2D eigenvalue weighted by Gasteiger charge is -2.13. The van der Waals surface area contributed by atoms with Crippen molar-refractivity contribution in [2.75, 3.05) is 25.5 Å². The number of aryl methyl sites for hydroxylation is 1. The molecule has 0 atom stereocenters. The highest BCUT2D eigenvalue weighted by Crippen LogP contribution is 2.10. The van der Waals surface area contributed by atoms with E-state index in [1.165, 1.54) is 36.4 Å². The van der Waals surface area contributed by atoms with Crippen molar-refractivity contribution in [3.63, 3.8) is 0 Å². The zero-order chi connectivity index (χ0) is 18.9. The number of hydrogen-bond acceptors (Lipinski definition) is 2. The Morgan fingerprint density at radius 2 is 1.70 bits per heavy atom. The van der Waals surface area contributed by atoms with Crippen molar-refractivity contribution in [3.8, 4) is 0 Å². The Morgan fingerprint density at radius 3 is 2.33 bits per heavy atom. The highest BCUT2D eigenvalue weighted by Gasteiger charge is 2.05. The van der Waals surface area contributed by atoms with Gasteiger partial charge in [-0.3, -0.25) is 9.79 Å². The number of aliphatic imine (C=N–C) groups is 1. The monoisotopic (exact) mass is 488 g/mol. The minimum Gasteiger partial charge on any atom is -0.356 e. The smallest absolute Gasteiger partial charge is 0.243 e. The number of hydrogen-bond donors (Lipinski definition) is 3. The molecule has 0 unspecified atom stereocenters. The summed E-state index contributed by atoms with van der Waals surface area (Å²) in [6.45, 7) is 2.48. The summed E-state index contributed by atoms with van der Waals surface area (Å²) in [7, 11) is 1.61. The Bertz CT molecular complexity index is 782. The number of anilines is 1. The number of guanidine groups is 1. The van der Waals surface area contributed by atoms with Crippen molar-refractivity contribution in [1.29, 1.82) is 0 Å². The first-order valence-corrected chi connectivity index (χ1v) is 8.23. The largest absolute Gasteiger partial charge is 0.356 e.